The van der Waals surface area contributed by atoms with Gasteiger partial charge in [-0.25, -0.2) is 0 Å². The van der Waals surface area contributed by atoms with Gasteiger partial charge >= 0.3 is 0 Å². The minimum absolute atomic E-state index is 0.886. The molecule has 1 heterocycles. The second-order valence-corrected chi connectivity index (χ2v) is 10.3. The molecule has 0 aromatic rings. The van der Waals surface area contributed by atoms with Gasteiger partial charge in [-0.3, -0.25) is 0 Å². The highest BCUT2D eigenvalue weighted by atomic mass is 15.0. The third-order valence-electron chi connectivity index (χ3n) is 7.22. The number of hydrogen-bond donors (Lipinski definition) is 0. The van der Waals surface area contributed by atoms with E-state index in [1.807, 2.05) is 12.4 Å². The molecule has 2 heteroatoms. The van der Waals surface area contributed by atoms with Crippen LogP contribution in [-0.2, 0) is 0 Å². The molecule has 0 radical (unpaired) electrons. The maximum Gasteiger partial charge on any atom is 0.240 e. The summed E-state index contributed by atoms with van der Waals surface area (Å²) >= 11 is 0. The first-order chi connectivity index (χ1) is 15.9. The van der Waals surface area contributed by atoms with E-state index in [1.165, 1.54) is 148 Å². The lowest BCUT2D eigenvalue weighted by molar-refractivity contribution is 0.373. The number of rotatable bonds is 25. The SMILES string of the molecule is CCCCCCCCCCCCCC(CCCCCCCCCCC)CC[C+]1N=CC=N1. The predicted molar refractivity (Wildman–Crippen MR) is 146 cm³/mol. The van der Waals surface area contributed by atoms with Crippen LogP contribution in [0.5, 0.6) is 0 Å². The molecule has 1 unspecified atom stereocenters. The molecule has 2 nitrogen and oxygen atoms in total. The zero-order valence-corrected chi connectivity index (χ0v) is 22.1. The monoisotopic (exact) mass is 445 g/mol. The largest absolute Gasteiger partial charge is 0.240 e. The van der Waals surface area contributed by atoms with E-state index in [4.69, 9.17) is 0 Å². The molecule has 0 aliphatic carbocycles. The van der Waals surface area contributed by atoms with Gasteiger partial charge in [0.25, 0.3) is 0 Å². The van der Waals surface area contributed by atoms with E-state index >= 15 is 0 Å². The van der Waals surface area contributed by atoms with Crippen molar-refractivity contribution < 1.29 is 0 Å². The van der Waals surface area contributed by atoms with Gasteiger partial charge in [-0.15, -0.1) is 0 Å². The molecule has 0 saturated heterocycles. The summed E-state index contributed by atoms with van der Waals surface area (Å²) in [5.41, 5.74) is 0. The minimum atomic E-state index is 0.886. The molecule has 0 aromatic heterocycles. The lowest BCUT2D eigenvalue weighted by Crippen LogP contribution is -2.03. The first kappa shape index (κ1) is 29.2. The summed E-state index contributed by atoms with van der Waals surface area (Å²) in [6.07, 6.45) is 38.7. The molecule has 0 fully saturated rings. The molecule has 1 rings (SSSR count). The van der Waals surface area contributed by atoms with Crippen molar-refractivity contribution in [2.45, 2.75) is 168 Å². The second-order valence-electron chi connectivity index (χ2n) is 10.3. The van der Waals surface area contributed by atoms with Crippen LogP contribution in [0, 0.1) is 12.1 Å². The van der Waals surface area contributed by atoms with Crippen LogP contribution >= 0.6 is 0 Å². The van der Waals surface area contributed by atoms with Gasteiger partial charge in [0.2, 0.25) is 6.17 Å². The fraction of sp³-hybridized carbons (Fsp3) is 0.900. The van der Waals surface area contributed by atoms with Crippen LogP contribution < -0.4 is 0 Å². The summed E-state index contributed by atoms with van der Waals surface area (Å²) in [5, 5.41) is 0. The first-order valence-corrected chi connectivity index (χ1v) is 14.8. The van der Waals surface area contributed by atoms with Gasteiger partial charge in [0, 0.05) is 0 Å². The van der Waals surface area contributed by atoms with Crippen molar-refractivity contribution >= 4 is 12.4 Å². The van der Waals surface area contributed by atoms with Crippen LogP contribution in [0.4, 0.5) is 0 Å². The lowest BCUT2D eigenvalue weighted by atomic mass is 9.90. The summed E-state index contributed by atoms with van der Waals surface area (Å²) < 4.78 is 0. The summed E-state index contributed by atoms with van der Waals surface area (Å²) in [7, 11) is 0. The van der Waals surface area contributed by atoms with Crippen LogP contribution in [0.25, 0.3) is 0 Å². The topological polar surface area (TPSA) is 24.7 Å². The van der Waals surface area contributed by atoms with Crippen LogP contribution in [0.15, 0.2) is 9.98 Å². The van der Waals surface area contributed by atoms with Gasteiger partial charge < -0.3 is 0 Å². The van der Waals surface area contributed by atoms with Crippen LogP contribution in [0.2, 0.25) is 0 Å². The Hall–Kier alpha value is -0.790. The van der Waals surface area contributed by atoms with E-state index < -0.39 is 0 Å². The second kappa shape index (κ2) is 23.4. The van der Waals surface area contributed by atoms with Gasteiger partial charge in [0.1, 0.15) is 0 Å². The lowest BCUT2D eigenvalue weighted by Gasteiger charge is -2.16. The molecule has 0 aromatic carbocycles. The van der Waals surface area contributed by atoms with E-state index in [-0.39, 0.29) is 0 Å². The Morgan fingerprint density at radius 2 is 0.812 bits per heavy atom. The van der Waals surface area contributed by atoms with Gasteiger partial charge in [0.15, 0.2) is 12.4 Å². The van der Waals surface area contributed by atoms with E-state index in [1.54, 1.807) is 0 Å². The molecule has 1 atom stereocenters. The van der Waals surface area contributed by atoms with E-state index in [2.05, 4.69) is 23.8 Å². The van der Waals surface area contributed by atoms with Crippen molar-refractivity contribution in [3.05, 3.63) is 6.17 Å². The van der Waals surface area contributed by atoms with Crippen molar-refractivity contribution in [3.63, 3.8) is 0 Å². The molecule has 0 saturated carbocycles. The fourth-order valence-electron chi connectivity index (χ4n) is 5.01. The zero-order chi connectivity index (χ0) is 23.0. The summed E-state index contributed by atoms with van der Waals surface area (Å²) in [5.74, 6) is 0.886. The molecule has 1 aliphatic heterocycles. The Morgan fingerprint density at radius 1 is 0.469 bits per heavy atom. The predicted octanol–water partition coefficient (Wildman–Crippen LogP) is 10.6. The average molecular weight is 446 g/mol. The molecular weight excluding hydrogens is 388 g/mol. The smallest absolute Gasteiger partial charge is 0.0968 e. The molecule has 32 heavy (non-hydrogen) atoms. The number of aliphatic imine (C=N–C) groups is 2. The van der Waals surface area contributed by atoms with E-state index in [9.17, 15) is 0 Å². The molecule has 0 amide bonds. The highest BCUT2D eigenvalue weighted by Gasteiger charge is 2.18. The van der Waals surface area contributed by atoms with E-state index in [0.29, 0.717) is 0 Å². The van der Waals surface area contributed by atoms with Crippen LogP contribution in [0.3, 0.4) is 0 Å². The summed E-state index contributed by atoms with van der Waals surface area (Å²) in [6, 6.07) is 0. The highest BCUT2D eigenvalue weighted by molar-refractivity contribution is 6.18. The standard InChI is InChI=1S/C30H57N2/c1-3-5-7-9-11-13-14-16-18-20-22-24-29(25-26-30-31-27-28-32-30)23-21-19-17-15-12-10-8-6-4-2/h27-29H,3-26H2,1-2H3/q+1. The number of hydrogen-bond acceptors (Lipinski definition) is 2. The Labute approximate surface area is 202 Å². The minimum Gasteiger partial charge on any atom is -0.0968 e. The Bertz CT molecular complexity index is 417. The van der Waals surface area contributed by atoms with Crippen molar-refractivity contribution in [2.24, 2.45) is 15.9 Å². The van der Waals surface area contributed by atoms with Crippen LogP contribution in [-0.4, -0.2) is 12.4 Å². The Kier molecular flexibility index (Phi) is 21.4. The fourth-order valence-corrected chi connectivity index (χ4v) is 5.01. The highest BCUT2D eigenvalue weighted by Crippen LogP contribution is 2.27. The zero-order valence-electron chi connectivity index (χ0n) is 22.1. The first-order valence-electron chi connectivity index (χ1n) is 14.8. The molecule has 0 bridgehead atoms. The van der Waals surface area contributed by atoms with E-state index in [0.717, 1.165) is 18.5 Å². The number of nitrogens with zero attached hydrogens (tertiary/aromatic N) is 2. The number of unbranched alkanes of at least 4 members (excludes halogenated alkanes) is 18. The molecular formula is C30H57N2+. The molecule has 1 aliphatic rings. The molecule has 0 spiro atoms. The Balaban J connectivity index is 2.04. The average Bonchev–Trinajstić information content (AvgIpc) is 3.33. The summed E-state index contributed by atoms with van der Waals surface area (Å²) in [4.78, 5) is 8.78. The van der Waals surface area contributed by atoms with Gasteiger partial charge in [-0.05, 0) is 12.3 Å². The quantitative estimate of drug-likeness (QED) is 0.0985. The van der Waals surface area contributed by atoms with Gasteiger partial charge in [0.05, 0.1) is 6.42 Å². The van der Waals surface area contributed by atoms with Gasteiger partial charge in [-0.1, -0.05) is 165 Å². The van der Waals surface area contributed by atoms with Crippen molar-refractivity contribution in [1.29, 1.82) is 0 Å². The molecule has 0 N–H and O–H groups in total. The van der Waals surface area contributed by atoms with Crippen molar-refractivity contribution in [2.75, 3.05) is 0 Å². The van der Waals surface area contributed by atoms with Crippen molar-refractivity contribution in [3.8, 4) is 0 Å². The third kappa shape index (κ3) is 18.8. The maximum atomic E-state index is 4.39. The summed E-state index contributed by atoms with van der Waals surface area (Å²) in [6.45, 7) is 4.60. The molecule has 186 valence electrons. The van der Waals surface area contributed by atoms with Crippen molar-refractivity contribution in [1.82, 2.24) is 0 Å². The maximum absolute atomic E-state index is 4.39. The normalized spacial score (nSPS) is 14.0. The Morgan fingerprint density at radius 3 is 1.19 bits per heavy atom. The van der Waals surface area contributed by atoms with Crippen LogP contribution in [0.1, 0.15) is 168 Å². The third-order valence-corrected chi connectivity index (χ3v) is 7.22. The van der Waals surface area contributed by atoms with Gasteiger partial charge in [-0.2, -0.15) is 0 Å².